The van der Waals surface area contributed by atoms with Crippen molar-refractivity contribution in [2.75, 3.05) is 0 Å². The lowest BCUT2D eigenvalue weighted by Gasteiger charge is -2.57. The highest BCUT2D eigenvalue weighted by Crippen LogP contribution is 2.64. The van der Waals surface area contributed by atoms with Gasteiger partial charge in [-0.3, -0.25) is 0 Å². The molecule has 4 rings (SSSR count). The number of rotatable bonds is 0. The largest absolute Gasteiger partial charge is 0.387 e. The smallest absolute Gasteiger partial charge is 0.0922 e. The minimum atomic E-state index is -0.463. The Morgan fingerprint density at radius 1 is 1.14 bits per heavy atom. The normalized spacial score (nSPS) is 52.7. The summed E-state index contributed by atoms with van der Waals surface area (Å²) < 4.78 is 0. The van der Waals surface area contributed by atoms with E-state index in [0.29, 0.717) is 17.0 Å². The van der Waals surface area contributed by atoms with Gasteiger partial charge >= 0.3 is 0 Å². The van der Waals surface area contributed by atoms with E-state index in [9.17, 15) is 5.11 Å². The standard InChI is InChI=1S/C19H29NO/c1-18-9-4-3-5-12(18)6-7-13-14(18)8-10-19(2)15(13)11-16(21)17(19)20/h5,13-16,20-21H,3-4,6-11H2,1-2H3/t13?,14?,15?,16?,18-,19-/m0/s1. The molecular formula is C19H29NO. The molecule has 0 heterocycles. The summed E-state index contributed by atoms with van der Waals surface area (Å²) in [4.78, 5) is 0. The molecule has 3 fully saturated rings. The van der Waals surface area contributed by atoms with Crippen molar-refractivity contribution >= 4 is 5.71 Å². The minimum Gasteiger partial charge on any atom is -0.387 e. The first-order valence-corrected chi connectivity index (χ1v) is 8.93. The molecule has 0 aromatic carbocycles. The van der Waals surface area contributed by atoms with Crippen LogP contribution in [0, 0.1) is 34.0 Å². The molecule has 0 aromatic heterocycles. The molecule has 0 aliphatic heterocycles. The maximum atomic E-state index is 10.2. The summed E-state index contributed by atoms with van der Waals surface area (Å²) in [7, 11) is 0. The van der Waals surface area contributed by atoms with Crippen molar-refractivity contribution in [1.29, 1.82) is 5.41 Å². The molecule has 2 heteroatoms. The lowest BCUT2D eigenvalue weighted by molar-refractivity contribution is -0.0216. The second kappa shape index (κ2) is 4.44. The third-order valence-corrected chi connectivity index (χ3v) is 7.84. The van der Waals surface area contributed by atoms with Gasteiger partial charge in [0.1, 0.15) is 0 Å². The Kier molecular flexibility index (Phi) is 2.96. The number of fused-ring (bicyclic) bond motifs is 5. The van der Waals surface area contributed by atoms with Gasteiger partial charge in [0.05, 0.1) is 6.10 Å². The van der Waals surface area contributed by atoms with Crippen molar-refractivity contribution < 1.29 is 5.11 Å². The Balaban J connectivity index is 1.70. The fourth-order valence-electron chi connectivity index (χ4n) is 6.58. The van der Waals surface area contributed by atoms with Gasteiger partial charge < -0.3 is 10.5 Å². The van der Waals surface area contributed by atoms with Gasteiger partial charge in [-0.15, -0.1) is 0 Å². The van der Waals surface area contributed by atoms with Crippen molar-refractivity contribution in [2.24, 2.45) is 28.6 Å². The summed E-state index contributed by atoms with van der Waals surface area (Å²) in [6.07, 6.45) is 11.9. The average molecular weight is 287 g/mol. The third-order valence-electron chi connectivity index (χ3n) is 7.84. The maximum Gasteiger partial charge on any atom is 0.0922 e. The van der Waals surface area contributed by atoms with Crippen molar-refractivity contribution in [3.8, 4) is 0 Å². The predicted molar refractivity (Wildman–Crippen MR) is 85.4 cm³/mol. The summed E-state index contributed by atoms with van der Waals surface area (Å²) in [5.74, 6) is 2.09. The number of allylic oxidation sites excluding steroid dienone is 2. The van der Waals surface area contributed by atoms with Gasteiger partial charge in [-0.1, -0.05) is 25.5 Å². The number of hydrogen-bond acceptors (Lipinski definition) is 2. The number of aliphatic hydroxyl groups is 1. The molecule has 2 nitrogen and oxygen atoms in total. The van der Waals surface area contributed by atoms with Crippen LogP contribution < -0.4 is 0 Å². The van der Waals surface area contributed by atoms with Crippen LogP contribution >= 0.6 is 0 Å². The van der Waals surface area contributed by atoms with Crippen LogP contribution in [0.2, 0.25) is 0 Å². The lowest BCUT2D eigenvalue weighted by atomic mass is 9.47. The Bertz CT molecular complexity index is 510. The molecule has 2 N–H and O–H groups in total. The van der Waals surface area contributed by atoms with Crippen LogP contribution in [0.1, 0.15) is 65.2 Å². The van der Waals surface area contributed by atoms with E-state index in [0.717, 1.165) is 24.7 Å². The van der Waals surface area contributed by atoms with Crippen LogP contribution in [0.5, 0.6) is 0 Å². The minimum absolute atomic E-state index is 0.00712. The summed E-state index contributed by atoms with van der Waals surface area (Å²) in [6, 6.07) is 0. The molecule has 0 spiro atoms. The zero-order valence-corrected chi connectivity index (χ0v) is 13.5. The molecule has 0 saturated heterocycles. The van der Waals surface area contributed by atoms with Crippen molar-refractivity contribution in [3.63, 3.8) is 0 Å². The molecule has 116 valence electrons. The first-order chi connectivity index (χ1) is 9.97. The van der Waals surface area contributed by atoms with E-state index >= 15 is 0 Å². The van der Waals surface area contributed by atoms with Crippen LogP contribution in [-0.4, -0.2) is 16.9 Å². The molecule has 0 amide bonds. The van der Waals surface area contributed by atoms with Crippen molar-refractivity contribution in [1.82, 2.24) is 0 Å². The van der Waals surface area contributed by atoms with Crippen LogP contribution in [0.3, 0.4) is 0 Å². The highest BCUT2D eigenvalue weighted by Gasteiger charge is 2.59. The molecule has 0 bridgehead atoms. The van der Waals surface area contributed by atoms with Gasteiger partial charge in [0, 0.05) is 11.1 Å². The zero-order valence-electron chi connectivity index (χ0n) is 13.5. The van der Waals surface area contributed by atoms with Crippen molar-refractivity contribution in [2.45, 2.75) is 71.3 Å². The highest BCUT2D eigenvalue weighted by molar-refractivity contribution is 5.93. The van der Waals surface area contributed by atoms with E-state index in [1.54, 1.807) is 5.57 Å². The molecule has 4 unspecified atom stereocenters. The highest BCUT2D eigenvalue weighted by atomic mass is 16.3. The predicted octanol–water partition coefficient (Wildman–Crippen LogP) is 4.33. The van der Waals surface area contributed by atoms with E-state index in [2.05, 4.69) is 19.9 Å². The van der Waals surface area contributed by atoms with E-state index in [4.69, 9.17) is 5.41 Å². The number of aliphatic hydroxyl groups excluding tert-OH is 1. The molecule has 4 aliphatic rings. The summed E-state index contributed by atoms with van der Waals surface area (Å²) in [5.41, 5.74) is 2.80. The first kappa shape index (κ1) is 14.0. The van der Waals surface area contributed by atoms with Crippen molar-refractivity contribution in [3.05, 3.63) is 11.6 Å². The van der Waals surface area contributed by atoms with Crippen LogP contribution in [0.25, 0.3) is 0 Å². The van der Waals surface area contributed by atoms with E-state index in [1.165, 1.54) is 38.5 Å². The van der Waals surface area contributed by atoms with E-state index in [-0.39, 0.29) is 5.41 Å². The SMILES string of the molecule is C[C@]12CCCC=C1CCC1C2CC[C@]2(C)C(=N)C(O)CC12. The van der Waals surface area contributed by atoms with Gasteiger partial charge in [0.2, 0.25) is 0 Å². The van der Waals surface area contributed by atoms with Gasteiger partial charge in [-0.25, -0.2) is 0 Å². The first-order valence-electron chi connectivity index (χ1n) is 8.93. The Labute approximate surface area is 128 Å². The van der Waals surface area contributed by atoms with Gasteiger partial charge in [-0.2, -0.15) is 0 Å². The average Bonchev–Trinajstić information content (AvgIpc) is 2.70. The Morgan fingerprint density at radius 3 is 2.76 bits per heavy atom. The Hall–Kier alpha value is -0.630. The van der Waals surface area contributed by atoms with E-state index < -0.39 is 6.10 Å². The lowest BCUT2D eigenvalue weighted by Crippen LogP contribution is -2.50. The fraction of sp³-hybridized carbons (Fsp3) is 0.842. The molecule has 0 radical (unpaired) electrons. The molecule has 21 heavy (non-hydrogen) atoms. The second-order valence-electron chi connectivity index (χ2n) is 8.58. The third kappa shape index (κ3) is 1.72. The van der Waals surface area contributed by atoms with Crippen LogP contribution in [-0.2, 0) is 0 Å². The second-order valence-corrected chi connectivity index (χ2v) is 8.58. The number of nitrogens with one attached hydrogen (secondary N) is 1. The molecule has 3 saturated carbocycles. The van der Waals surface area contributed by atoms with Gasteiger partial charge in [0.25, 0.3) is 0 Å². The quantitative estimate of drug-likeness (QED) is 0.640. The van der Waals surface area contributed by atoms with Crippen LogP contribution in [0.4, 0.5) is 0 Å². The Morgan fingerprint density at radius 2 is 1.95 bits per heavy atom. The molecule has 6 atom stereocenters. The summed E-state index contributed by atoms with van der Waals surface area (Å²) in [6.45, 7) is 4.79. The van der Waals surface area contributed by atoms with Gasteiger partial charge in [-0.05, 0) is 74.5 Å². The number of hydrogen-bond donors (Lipinski definition) is 2. The maximum absolute atomic E-state index is 10.2. The van der Waals surface area contributed by atoms with E-state index in [1.807, 2.05) is 0 Å². The zero-order chi connectivity index (χ0) is 14.8. The molecular weight excluding hydrogens is 258 g/mol. The van der Waals surface area contributed by atoms with Gasteiger partial charge in [0.15, 0.2) is 0 Å². The summed E-state index contributed by atoms with van der Waals surface area (Å²) >= 11 is 0. The fourth-order valence-corrected chi connectivity index (χ4v) is 6.58. The van der Waals surface area contributed by atoms with Crippen LogP contribution in [0.15, 0.2) is 11.6 Å². The molecule has 4 aliphatic carbocycles. The molecule has 0 aromatic rings. The monoisotopic (exact) mass is 287 g/mol. The summed E-state index contributed by atoms with van der Waals surface area (Å²) in [5, 5.41) is 18.6. The topological polar surface area (TPSA) is 44.1 Å².